The standard InChI is InChI=1S/C30H42FN5/c1-4-15-34(6-3)18-14-26-25-9-7-8-10-29(25)36(30(26)32)20-19-35(16-5-2)17-13-23-22-33-28-12-11-24(31)21-27(23)28/h7-12,21-22,33H,4-6,13-20,32H2,1-3H3. The van der Waals surface area contributed by atoms with Gasteiger partial charge in [-0.1, -0.05) is 39.0 Å². The van der Waals surface area contributed by atoms with Crippen LogP contribution >= 0.6 is 0 Å². The molecule has 5 nitrogen and oxygen atoms in total. The molecule has 0 radical (unpaired) electrons. The van der Waals surface area contributed by atoms with Crippen LogP contribution in [0.25, 0.3) is 21.8 Å². The van der Waals surface area contributed by atoms with E-state index >= 15 is 0 Å². The number of nitrogens with zero attached hydrogens (tertiary/aromatic N) is 3. The summed E-state index contributed by atoms with van der Waals surface area (Å²) in [6.45, 7) is 13.7. The molecule has 4 aromatic rings. The summed E-state index contributed by atoms with van der Waals surface area (Å²) < 4.78 is 16.1. The average molecular weight is 492 g/mol. The van der Waals surface area contributed by atoms with Gasteiger partial charge in [0.05, 0.1) is 0 Å². The van der Waals surface area contributed by atoms with E-state index < -0.39 is 0 Å². The molecule has 36 heavy (non-hydrogen) atoms. The van der Waals surface area contributed by atoms with Gasteiger partial charge in [0, 0.05) is 59.7 Å². The lowest BCUT2D eigenvalue weighted by molar-refractivity contribution is 0.268. The van der Waals surface area contributed by atoms with Crippen LogP contribution in [0.4, 0.5) is 10.2 Å². The van der Waals surface area contributed by atoms with E-state index in [1.54, 1.807) is 6.07 Å². The third-order valence-electron chi connectivity index (χ3n) is 7.39. The molecule has 2 aromatic carbocycles. The molecular formula is C30H42FN5. The molecule has 0 atom stereocenters. The molecule has 2 aromatic heterocycles. The lowest BCUT2D eigenvalue weighted by atomic mass is 10.1. The molecule has 0 saturated heterocycles. The zero-order chi connectivity index (χ0) is 25.5. The first-order valence-corrected chi connectivity index (χ1v) is 13.6. The maximum Gasteiger partial charge on any atom is 0.123 e. The molecule has 3 N–H and O–H groups in total. The molecule has 0 aliphatic rings. The van der Waals surface area contributed by atoms with Crippen molar-refractivity contribution in [1.29, 1.82) is 0 Å². The summed E-state index contributed by atoms with van der Waals surface area (Å²) >= 11 is 0. The predicted molar refractivity (Wildman–Crippen MR) is 151 cm³/mol. The quantitative estimate of drug-likeness (QED) is 0.225. The van der Waals surface area contributed by atoms with Gasteiger partial charge in [0.2, 0.25) is 0 Å². The summed E-state index contributed by atoms with van der Waals surface area (Å²) in [4.78, 5) is 8.29. The van der Waals surface area contributed by atoms with Gasteiger partial charge in [-0.05, 0) is 75.1 Å². The van der Waals surface area contributed by atoms with Crippen LogP contribution in [0.15, 0.2) is 48.7 Å². The van der Waals surface area contributed by atoms with Gasteiger partial charge in [0.25, 0.3) is 0 Å². The van der Waals surface area contributed by atoms with Crippen LogP contribution in [0, 0.1) is 5.82 Å². The highest BCUT2D eigenvalue weighted by molar-refractivity contribution is 5.89. The van der Waals surface area contributed by atoms with Crippen LogP contribution in [0.5, 0.6) is 0 Å². The Bertz CT molecular complexity index is 1260. The number of nitrogen functional groups attached to an aromatic ring is 1. The number of aromatic amines is 1. The number of fused-ring (bicyclic) bond motifs is 2. The fraction of sp³-hybridized carbons (Fsp3) is 0.467. The fourth-order valence-corrected chi connectivity index (χ4v) is 5.44. The Hall–Kier alpha value is -2.83. The minimum absolute atomic E-state index is 0.184. The smallest absolute Gasteiger partial charge is 0.123 e. The second-order valence-corrected chi connectivity index (χ2v) is 9.81. The Balaban J connectivity index is 1.47. The van der Waals surface area contributed by atoms with Gasteiger partial charge in [-0.3, -0.25) is 0 Å². The monoisotopic (exact) mass is 491 g/mol. The number of rotatable bonds is 14. The van der Waals surface area contributed by atoms with E-state index in [-0.39, 0.29) is 5.82 Å². The topological polar surface area (TPSA) is 53.2 Å². The molecule has 2 heterocycles. The number of hydrogen-bond acceptors (Lipinski definition) is 3. The summed E-state index contributed by atoms with van der Waals surface area (Å²) in [5.74, 6) is 0.726. The van der Waals surface area contributed by atoms with Gasteiger partial charge in [-0.25, -0.2) is 4.39 Å². The molecule has 0 amide bonds. The Kier molecular flexibility index (Phi) is 9.05. The Labute approximate surface area is 215 Å². The lowest BCUT2D eigenvalue weighted by Crippen LogP contribution is -2.30. The van der Waals surface area contributed by atoms with Crippen LogP contribution in [0.2, 0.25) is 0 Å². The Morgan fingerprint density at radius 2 is 1.61 bits per heavy atom. The second kappa shape index (κ2) is 12.4. The average Bonchev–Trinajstić information content (AvgIpc) is 3.41. The lowest BCUT2D eigenvalue weighted by Gasteiger charge is -2.23. The first kappa shape index (κ1) is 26.2. The number of para-hydroxylation sites is 1. The van der Waals surface area contributed by atoms with Crippen molar-refractivity contribution in [2.75, 3.05) is 45.0 Å². The molecule has 4 rings (SSSR count). The largest absolute Gasteiger partial charge is 0.385 e. The van der Waals surface area contributed by atoms with Crippen molar-refractivity contribution < 1.29 is 4.39 Å². The molecule has 0 spiro atoms. The number of likely N-dealkylation sites (N-methyl/N-ethyl adjacent to an activating group) is 1. The molecular weight excluding hydrogens is 449 g/mol. The Morgan fingerprint density at radius 1 is 0.861 bits per heavy atom. The molecule has 194 valence electrons. The molecule has 0 aliphatic carbocycles. The third kappa shape index (κ3) is 5.93. The highest BCUT2D eigenvalue weighted by Crippen LogP contribution is 2.29. The second-order valence-electron chi connectivity index (χ2n) is 9.81. The maximum absolute atomic E-state index is 13.8. The minimum Gasteiger partial charge on any atom is -0.385 e. The predicted octanol–water partition coefficient (Wildman–Crippen LogP) is 6.07. The van der Waals surface area contributed by atoms with Crippen molar-refractivity contribution in [3.05, 3.63) is 65.6 Å². The summed E-state index contributed by atoms with van der Waals surface area (Å²) in [6, 6.07) is 13.6. The molecule has 0 bridgehead atoms. The number of aromatic nitrogens is 2. The van der Waals surface area contributed by atoms with Crippen molar-refractivity contribution >= 4 is 27.6 Å². The van der Waals surface area contributed by atoms with Crippen LogP contribution < -0.4 is 5.73 Å². The highest BCUT2D eigenvalue weighted by atomic mass is 19.1. The summed E-state index contributed by atoms with van der Waals surface area (Å²) in [5, 5.41) is 2.27. The van der Waals surface area contributed by atoms with E-state index in [0.717, 1.165) is 81.8 Å². The van der Waals surface area contributed by atoms with Crippen LogP contribution in [-0.2, 0) is 19.4 Å². The Morgan fingerprint density at radius 3 is 2.39 bits per heavy atom. The van der Waals surface area contributed by atoms with Gasteiger partial charge in [0.15, 0.2) is 0 Å². The fourth-order valence-electron chi connectivity index (χ4n) is 5.44. The van der Waals surface area contributed by atoms with Crippen LogP contribution in [0.1, 0.15) is 44.7 Å². The van der Waals surface area contributed by atoms with Crippen molar-refractivity contribution in [1.82, 2.24) is 19.4 Å². The number of anilines is 1. The summed E-state index contributed by atoms with van der Waals surface area (Å²) in [5.41, 5.74) is 11.5. The van der Waals surface area contributed by atoms with Gasteiger partial charge in [-0.15, -0.1) is 0 Å². The molecule has 0 fully saturated rings. The van der Waals surface area contributed by atoms with Crippen LogP contribution in [-0.4, -0.2) is 58.6 Å². The van der Waals surface area contributed by atoms with Gasteiger partial charge >= 0.3 is 0 Å². The van der Waals surface area contributed by atoms with Gasteiger partial charge in [0.1, 0.15) is 11.6 Å². The van der Waals surface area contributed by atoms with Crippen LogP contribution in [0.3, 0.4) is 0 Å². The van der Waals surface area contributed by atoms with Crippen molar-refractivity contribution in [3.8, 4) is 0 Å². The van der Waals surface area contributed by atoms with Gasteiger partial charge in [-0.2, -0.15) is 0 Å². The zero-order valence-corrected chi connectivity index (χ0v) is 22.2. The molecule has 0 aliphatic heterocycles. The summed E-state index contributed by atoms with van der Waals surface area (Å²) in [6.07, 6.45) is 6.16. The van der Waals surface area contributed by atoms with Crippen molar-refractivity contribution in [2.45, 2.75) is 53.0 Å². The molecule has 0 unspecified atom stereocenters. The van der Waals surface area contributed by atoms with Gasteiger partial charge < -0.3 is 25.1 Å². The number of nitrogens with one attached hydrogen (secondary N) is 1. The number of benzene rings is 2. The molecule has 6 heteroatoms. The number of nitrogens with two attached hydrogens (primary N) is 1. The first-order chi connectivity index (χ1) is 17.5. The van der Waals surface area contributed by atoms with E-state index in [1.165, 1.54) is 34.5 Å². The maximum atomic E-state index is 13.8. The number of H-pyrrole nitrogens is 1. The van der Waals surface area contributed by atoms with E-state index in [0.29, 0.717) is 0 Å². The van der Waals surface area contributed by atoms with Crippen molar-refractivity contribution in [2.24, 2.45) is 0 Å². The van der Waals surface area contributed by atoms with E-state index in [9.17, 15) is 4.39 Å². The van der Waals surface area contributed by atoms with E-state index in [2.05, 4.69) is 64.4 Å². The minimum atomic E-state index is -0.184. The number of hydrogen-bond donors (Lipinski definition) is 2. The normalized spacial score (nSPS) is 12.1. The summed E-state index contributed by atoms with van der Waals surface area (Å²) in [7, 11) is 0. The van der Waals surface area contributed by atoms with E-state index in [1.807, 2.05) is 12.3 Å². The number of halogens is 1. The third-order valence-corrected chi connectivity index (χ3v) is 7.39. The first-order valence-electron chi connectivity index (χ1n) is 13.6. The zero-order valence-electron chi connectivity index (χ0n) is 22.2. The highest BCUT2D eigenvalue weighted by Gasteiger charge is 2.16. The SMILES string of the molecule is CCCN(CC)CCc1c(N)n(CCN(CCC)CCc2c[nH]c3ccc(F)cc23)c2ccccc12. The van der Waals surface area contributed by atoms with E-state index in [4.69, 9.17) is 5.73 Å². The molecule has 0 saturated carbocycles. The van der Waals surface area contributed by atoms with Crippen molar-refractivity contribution in [3.63, 3.8) is 0 Å².